The first-order valence-electron chi connectivity index (χ1n) is 6.52. The molecule has 102 valence electrons. The summed E-state index contributed by atoms with van der Waals surface area (Å²) < 4.78 is 0. The quantitative estimate of drug-likeness (QED) is 0.886. The van der Waals surface area contributed by atoms with Gasteiger partial charge in [-0.3, -0.25) is 9.78 Å². The zero-order valence-corrected chi connectivity index (χ0v) is 11.3. The molecule has 2 aromatic heterocycles. The molecule has 0 radical (unpaired) electrons. The number of nitrogens with two attached hydrogens (primary N) is 1. The summed E-state index contributed by atoms with van der Waals surface area (Å²) in [6.45, 7) is 3.81. The molecule has 1 fully saturated rings. The highest BCUT2D eigenvalue weighted by Gasteiger charge is 2.51. The van der Waals surface area contributed by atoms with Crippen LogP contribution in [-0.4, -0.2) is 22.9 Å². The molecule has 20 heavy (non-hydrogen) atoms. The molecule has 0 saturated heterocycles. The number of aromatic nitrogens is 2. The highest BCUT2D eigenvalue weighted by Crippen LogP contribution is 2.47. The molecule has 0 atom stereocenters. The van der Waals surface area contributed by atoms with Crippen LogP contribution in [0.2, 0.25) is 0 Å². The summed E-state index contributed by atoms with van der Waals surface area (Å²) >= 11 is 0. The van der Waals surface area contributed by atoms with Crippen LogP contribution < -0.4 is 11.1 Å². The molecule has 1 aliphatic carbocycles. The molecule has 1 aliphatic rings. The zero-order chi connectivity index (χ0) is 14.3. The third kappa shape index (κ3) is 1.66. The Kier molecular flexibility index (Phi) is 2.71. The predicted molar refractivity (Wildman–Crippen MR) is 79.3 cm³/mol. The number of rotatable bonds is 4. The lowest BCUT2D eigenvalue weighted by Gasteiger charge is -2.13. The number of fused-ring (bicyclic) bond motifs is 1. The second-order valence-corrected chi connectivity index (χ2v) is 5.08. The fourth-order valence-corrected chi connectivity index (χ4v) is 2.53. The Morgan fingerprint density at radius 1 is 1.40 bits per heavy atom. The first-order chi connectivity index (χ1) is 9.62. The van der Waals surface area contributed by atoms with Crippen LogP contribution in [-0.2, 0) is 10.2 Å². The summed E-state index contributed by atoms with van der Waals surface area (Å²) in [4.78, 5) is 20.4. The van der Waals surface area contributed by atoms with Crippen molar-refractivity contribution in [3.8, 4) is 0 Å². The van der Waals surface area contributed by atoms with E-state index in [4.69, 9.17) is 5.73 Å². The Balaban J connectivity index is 2.25. The number of carbonyl (C=O) groups is 1. The Labute approximate surface area is 116 Å². The Morgan fingerprint density at radius 2 is 2.15 bits per heavy atom. The molecule has 2 aromatic rings. The van der Waals surface area contributed by atoms with Crippen molar-refractivity contribution in [1.82, 2.24) is 9.97 Å². The van der Waals surface area contributed by atoms with Gasteiger partial charge in [0.15, 0.2) is 0 Å². The summed E-state index contributed by atoms with van der Waals surface area (Å²) in [7, 11) is 1.81. The monoisotopic (exact) mass is 268 g/mol. The van der Waals surface area contributed by atoms with Gasteiger partial charge in [-0.2, -0.15) is 0 Å². The van der Waals surface area contributed by atoms with Crippen LogP contribution in [0.3, 0.4) is 0 Å². The molecular formula is C15H16N4O. The SMILES string of the molecule is C=Cc1cnc(NC)c2cnc(C3(C(N)=O)CC3)cc12. The molecule has 1 amide bonds. The lowest BCUT2D eigenvalue weighted by molar-refractivity contribution is -0.120. The van der Waals surface area contributed by atoms with Crippen molar-refractivity contribution >= 4 is 28.6 Å². The normalized spacial score (nSPS) is 15.8. The molecule has 0 unspecified atom stereocenters. The van der Waals surface area contributed by atoms with E-state index in [1.165, 1.54) is 0 Å². The van der Waals surface area contributed by atoms with E-state index in [-0.39, 0.29) is 5.91 Å². The third-order valence-corrected chi connectivity index (χ3v) is 3.97. The van der Waals surface area contributed by atoms with Crippen LogP contribution in [0, 0.1) is 0 Å². The van der Waals surface area contributed by atoms with E-state index in [2.05, 4.69) is 21.9 Å². The topological polar surface area (TPSA) is 80.9 Å². The molecule has 3 rings (SSSR count). The average molecular weight is 268 g/mol. The first kappa shape index (κ1) is 12.6. The average Bonchev–Trinajstić information content (AvgIpc) is 3.27. The molecule has 0 aliphatic heterocycles. The maximum absolute atomic E-state index is 11.6. The summed E-state index contributed by atoms with van der Waals surface area (Å²) in [5.41, 5.74) is 6.60. The molecule has 0 aromatic carbocycles. The smallest absolute Gasteiger partial charge is 0.229 e. The molecule has 2 heterocycles. The zero-order valence-electron chi connectivity index (χ0n) is 11.3. The number of hydrogen-bond acceptors (Lipinski definition) is 4. The van der Waals surface area contributed by atoms with Gasteiger partial charge in [0.1, 0.15) is 5.82 Å². The first-order valence-corrected chi connectivity index (χ1v) is 6.52. The molecule has 5 heteroatoms. The summed E-state index contributed by atoms with van der Waals surface area (Å²) in [6, 6.07) is 1.94. The van der Waals surface area contributed by atoms with Crippen molar-refractivity contribution in [1.29, 1.82) is 0 Å². The third-order valence-electron chi connectivity index (χ3n) is 3.97. The fourth-order valence-electron chi connectivity index (χ4n) is 2.53. The van der Waals surface area contributed by atoms with E-state index in [1.54, 1.807) is 18.5 Å². The van der Waals surface area contributed by atoms with Crippen molar-refractivity contribution in [2.45, 2.75) is 18.3 Å². The van der Waals surface area contributed by atoms with Crippen molar-refractivity contribution in [3.05, 3.63) is 36.3 Å². The number of anilines is 1. The Hall–Kier alpha value is -2.43. The van der Waals surface area contributed by atoms with Gasteiger partial charge >= 0.3 is 0 Å². The van der Waals surface area contributed by atoms with Gasteiger partial charge in [-0.1, -0.05) is 12.7 Å². The Morgan fingerprint density at radius 3 is 2.70 bits per heavy atom. The summed E-state index contributed by atoms with van der Waals surface area (Å²) in [6.07, 6.45) is 6.80. The number of primary amides is 1. The number of carbonyl (C=O) groups excluding carboxylic acids is 1. The number of amides is 1. The van der Waals surface area contributed by atoms with E-state index < -0.39 is 5.41 Å². The highest BCUT2D eigenvalue weighted by molar-refractivity contribution is 5.98. The molecular weight excluding hydrogens is 252 g/mol. The van der Waals surface area contributed by atoms with E-state index >= 15 is 0 Å². The van der Waals surface area contributed by atoms with Crippen molar-refractivity contribution in [3.63, 3.8) is 0 Å². The minimum Gasteiger partial charge on any atom is -0.373 e. The number of nitrogens with one attached hydrogen (secondary N) is 1. The number of pyridine rings is 2. The summed E-state index contributed by atoms with van der Waals surface area (Å²) in [5.74, 6) is 0.459. The van der Waals surface area contributed by atoms with Crippen LogP contribution >= 0.6 is 0 Å². The van der Waals surface area contributed by atoms with Crippen molar-refractivity contribution in [2.75, 3.05) is 12.4 Å². The van der Waals surface area contributed by atoms with Gasteiger partial charge in [-0.25, -0.2) is 4.98 Å². The largest absolute Gasteiger partial charge is 0.373 e. The van der Waals surface area contributed by atoms with E-state index in [0.717, 1.165) is 40.7 Å². The lowest BCUT2D eigenvalue weighted by Crippen LogP contribution is -2.29. The van der Waals surface area contributed by atoms with Crippen LogP contribution in [0.25, 0.3) is 16.8 Å². The molecule has 0 bridgehead atoms. The van der Waals surface area contributed by atoms with Gasteiger partial charge < -0.3 is 11.1 Å². The van der Waals surface area contributed by atoms with Gasteiger partial charge in [0.25, 0.3) is 0 Å². The van der Waals surface area contributed by atoms with E-state index in [1.807, 2.05) is 13.1 Å². The lowest BCUT2D eigenvalue weighted by atomic mass is 9.98. The van der Waals surface area contributed by atoms with Crippen molar-refractivity contribution < 1.29 is 4.79 Å². The minimum atomic E-state index is -0.574. The van der Waals surface area contributed by atoms with E-state index in [0.29, 0.717) is 0 Å². The fraction of sp³-hybridized carbons (Fsp3) is 0.267. The van der Waals surface area contributed by atoms with Crippen LogP contribution in [0.15, 0.2) is 25.0 Å². The number of nitrogens with zero attached hydrogens (tertiary/aromatic N) is 2. The summed E-state index contributed by atoms with van der Waals surface area (Å²) in [5, 5.41) is 4.94. The van der Waals surface area contributed by atoms with Gasteiger partial charge in [0.05, 0.1) is 11.1 Å². The van der Waals surface area contributed by atoms with Crippen LogP contribution in [0.1, 0.15) is 24.1 Å². The second kappa shape index (κ2) is 4.30. The van der Waals surface area contributed by atoms with Crippen LogP contribution in [0.4, 0.5) is 5.82 Å². The van der Waals surface area contributed by atoms with Gasteiger partial charge in [0, 0.05) is 30.4 Å². The van der Waals surface area contributed by atoms with Gasteiger partial charge in [-0.05, 0) is 24.3 Å². The molecule has 1 saturated carbocycles. The molecule has 3 N–H and O–H groups in total. The standard InChI is InChI=1S/C15H16N4O/c1-3-9-7-19-13(17-2)11-8-18-12(6-10(9)11)15(4-5-15)14(16)20/h3,6-8H,1,4-5H2,2H3,(H2,16,20)(H,17,19). The Bertz CT molecular complexity index is 719. The maximum Gasteiger partial charge on any atom is 0.229 e. The maximum atomic E-state index is 11.6. The highest BCUT2D eigenvalue weighted by atomic mass is 16.1. The predicted octanol–water partition coefficient (Wildman–Crippen LogP) is 1.83. The van der Waals surface area contributed by atoms with Crippen molar-refractivity contribution in [2.24, 2.45) is 5.73 Å². The molecule has 5 nitrogen and oxygen atoms in total. The van der Waals surface area contributed by atoms with E-state index in [9.17, 15) is 4.79 Å². The van der Waals surface area contributed by atoms with Gasteiger partial charge in [0.2, 0.25) is 5.91 Å². The number of hydrogen-bond donors (Lipinski definition) is 2. The van der Waals surface area contributed by atoms with Gasteiger partial charge in [-0.15, -0.1) is 0 Å². The van der Waals surface area contributed by atoms with Crippen LogP contribution in [0.5, 0.6) is 0 Å². The minimum absolute atomic E-state index is 0.299. The molecule has 0 spiro atoms. The second-order valence-electron chi connectivity index (χ2n) is 5.08.